The number of nitrogens with two attached hydrogens (primary N) is 1. The third-order valence-electron chi connectivity index (χ3n) is 5.26. The number of hydrogen-bond acceptors (Lipinski definition) is 2. The van der Waals surface area contributed by atoms with Crippen LogP contribution in [0.1, 0.15) is 39.3 Å². The van der Waals surface area contributed by atoms with Crippen molar-refractivity contribution >= 4 is 21.7 Å². The number of hydrogen-bond donors (Lipinski definition) is 2. The fraction of sp³-hybridized carbons (Fsp3) is 0.438. The molecule has 0 amide bonds. The van der Waals surface area contributed by atoms with Gasteiger partial charge >= 0.3 is 0 Å². The average Bonchev–Trinajstić information content (AvgIpc) is 2.65. The first-order valence-corrected chi connectivity index (χ1v) is 7.66. The summed E-state index contributed by atoms with van der Waals surface area (Å²) < 4.78 is 1.07. The van der Waals surface area contributed by atoms with Gasteiger partial charge in [0.25, 0.3) is 0 Å². The van der Waals surface area contributed by atoms with Gasteiger partial charge < -0.3 is 5.73 Å². The van der Waals surface area contributed by atoms with E-state index in [2.05, 4.69) is 66.0 Å². The molecule has 20 heavy (non-hydrogen) atoms. The first-order chi connectivity index (χ1) is 9.26. The molecule has 1 fully saturated rings. The van der Waals surface area contributed by atoms with Gasteiger partial charge in [0.05, 0.1) is 0 Å². The fourth-order valence-electron chi connectivity index (χ4n) is 3.42. The molecule has 1 aliphatic carbocycles. The lowest BCUT2D eigenvalue weighted by Gasteiger charge is -2.06. The molecule has 1 saturated carbocycles. The summed E-state index contributed by atoms with van der Waals surface area (Å²) in [4.78, 5) is 0. The molecule has 106 valence electrons. The van der Waals surface area contributed by atoms with Crippen LogP contribution in [0.5, 0.6) is 0 Å². The molecule has 0 aliphatic heterocycles. The minimum Gasteiger partial charge on any atom is -0.382 e. The molecule has 3 N–H and O–H groups in total. The third-order valence-corrected chi connectivity index (χ3v) is 5.79. The van der Waals surface area contributed by atoms with E-state index < -0.39 is 0 Å². The van der Waals surface area contributed by atoms with E-state index in [0.717, 1.165) is 15.6 Å². The Balaban J connectivity index is 2.10. The van der Waals surface area contributed by atoms with Gasteiger partial charge in [-0.3, -0.25) is 5.10 Å². The highest BCUT2D eigenvalue weighted by atomic mass is 79.9. The third kappa shape index (κ3) is 1.74. The predicted octanol–water partition coefficient (Wildman–Crippen LogP) is 4.57. The van der Waals surface area contributed by atoms with E-state index in [1.54, 1.807) is 0 Å². The lowest BCUT2D eigenvalue weighted by Crippen LogP contribution is -1.95. The maximum Gasteiger partial charge on any atom is 0.153 e. The van der Waals surface area contributed by atoms with Gasteiger partial charge in [0, 0.05) is 21.6 Å². The van der Waals surface area contributed by atoms with Gasteiger partial charge in [-0.2, -0.15) is 5.10 Å². The number of benzene rings is 1. The second kappa shape index (κ2) is 4.10. The van der Waals surface area contributed by atoms with Crippen LogP contribution in [0, 0.1) is 10.8 Å². The van der Waals surface area contributed by atoms with Crippen molar-refractivity contribution in [1.82, 2.24) is 10.2 Å². The highest BCUT2D eigenvalue weighted by Crippen LogP contribution is 2.74. The summed E-state index contributed by atoms with van der Waals surface area (Å²) in [6, 6.07) is 8.23. The number of nitrogens with zero attached hydrogens (tertiary/aromatic N) is 1. The monoisotopic (exact) mass is 333 g/mol. The number of nitrogens with one attached hydrogen (secondary N) is 1. The highest BCUT2D eigenvalue weighted by Gasteiger charge is 2.66. The maximum absolute atomic E-state index is 6.10. The van der Waals surface area contributed by atoms with Crippen LogP contribution >= 0.6 is 15.9 Å². The zero-order chi connectivity index (χ0) is 14.7. The molecule has 0 saturated heterocycles. The van der Waals surface area contributed by atoms with Crippen LogP contribution in [0.4, 0.5) is 5.82 Å². The lowest BCUT2D eigenvalue weighted by atomic mass is 9.99. The Labute approximate surface area is 128 Å². The second-order valence-electron chi connectivity index (χ2n) is 6.78. The largest absolute Gasteiger partial charge is 0.382 e. The average molecular weight is 334 g/mol. The summed E-state index contributed by atoms with van der Waals surface area (Å²) in [7, 11) is 0. The second-order valence-corrected chi connectivity index (χ2v) is 7.70. The van der Waals surface area contributed by atoms with Crippen LogP contribution in [0.3, 0.4) is 0 Å². The Hall–Kier alpha value is -1.29. The summed E-state index contributed by atoms with van der Waals surface area (Å²) in [6.07, 6.45) is 0. The van der Waals surface area contributed by atoms with Gasteiger partial charge in [0.1, 0.15) is 0 Å². The molecule has 1 heterocycles. The molecule has 1 aromatic heterocycles. The molecule has 0 unspecified atom stereocenters. The van der Waals surface area contributed by atoms with Gasteiger partial charge in [-0.25, -0.2) is 0 Å². The van der Waals surface area contributed by atoms with Crippen LogP contribution in [0.15, 0.2) is 28.7 Å². The zero-order valence-electron chi connectivity index (χ0n) is 12.3. The number of halogens is 1. The molecule has 3 nitrogen and oxygen atoms in total. The first-order valence-electron chi connectivity index (χ1n) is 6.86. The normalized spacial score (nSPS) is 20.1. The smallest absolute Gasteiger partial charge is 0.153 e. The molecule has 1 aromatic carbocycles. The molecule has 1 aliphatic rings. The first kappa shape index (κ1) is 13.7. The summed E-state index contributed by atoms with van der Waals surface area (Å²) in [6.45, 7) is 9.22. The van der Waals surface area contributed by atoms with Crippen molar-refractivity contribution in [3.05, 3.63) is 34.4 Å². The van der Waals surface area contributed by atoms with Crippen molar-refractivity contribution < 1.29 is 0 Å². The van der Waals surface area contributed by atoms with E-state index in [-0.39, 0.29) is 10.8 Å². The summed E-state index contributed by atoms with van der Waals surface area (Å²) in [5.74, 6) is 1.04. The number of rotatable bonds is 2. The summed E-state index contributed by atoms with van der Waals surface area (Å²) >= 11 is 3.47. The number of nitrogen functional groups attached to an aromatic ring is 1. The fourth-order valence-corrected chi connectivity index (χ4v) is 3.68. The Kier molecular flexibility index (Phi) is 2.81. The Morgan fingerprint density at radius 1 is 1.10 bits per heavy atom. The summed E-state index contributed by atoms with van der Waals surface area (Å²) in [5, 5.41) is 7.42. The summed E-state index contributed by atoms with van der Waals surface area (Å²) in [5.41, 5.74) is 9.96. The lowest BCUT2D eigenvalue weighted by molar-refractivity contribution is 0.457. The quantitative estimate of drug-likeness (QED) is 0.845. The molecular weight excluding hydrogens is 314 g/mol. The van der Waals surface area contributed by atoms with Crippen LogP contribution in [-0.2, 0) is 0 Å². The van der Waals surface area contributed by atoms with E-state index in [0.29, 0.717) is 11.7 Å². The molecule has 0 radical (unpaired) electrons. The van der Waals surface area contributed by atoms with Crippen LogP contribution in [0.25, 0.3) is 11.1 Å². The van der Waals surface area contributed by atoms with E-state index in [1.807, 2.05) is 12.1 Å². The van der Waals surface area contributed by atoms with E-state index in [1.165, 1.54) is 5.69 Å². The van der Waals surface area contributed by atoms with Crippen molar-refractivity contribution in [3.63, 3.8) is 0 Å². The van der Waals surface area contributed by atoms with Gasteiger partial charge in [0.2, 0.25) is 0 Å². The standard InChI is InChI=1S/C16H20BrN3/c1-15(2)13(16(15,3)4)12-11(14(18)20-19-12)9-5-7-10(17)8-6-9/h5-8,13H,1-4H3,(H3,18,19,20). The number of anilines is 1. The minimum absolute atomic E-state index is 0.260. The molecule has 2 aromatic rings. The highest BCUT2D eigenvalue weighted by molar-refractivity contribution is 9.10. The molecular formula is C16H20BrN3. The van der Waals surface area contributed by atoms with Gasteiger partial charge in [0.15, 0.2) is 5.82 Å². The van der Waals surface area contributed by atoms with Gasteiger partial charge in [-0.1, -0.05) is 55.8 Å². The van der Waals surface area contributed by atoms with Crippen LogP contribution < -0.4 is 5.73 Å². The van der Waals surface area contributed by atoms with Crippen molar-refractivity contribution in [1.29, 1.82) is 0 Å². The SMILES string of the molecule is CC1(C)C(c2[nH]nc(N)c2-c2ccc(Br)cc2)C1(C)C. The molecule has 0 atom stereocenters. The Morgan fingerprint density at radius 3 is 2.15 bits per heavy atom. The predicted molar refractivity (Wildman–Crippen MR) is 86.4 cm³/mol. The maximum atomic E-state index is 6.10. The Morgan fingerprint density at radius 2 is 1.65 bits per heavy atom. The van der Waals surface area contributed by atoms with Crippen molar-refractivity contribution in [2.75, 3.05) is 5.73 Å². The van der Waals surface area contributed by atoms with E-state index in [9.17, 15) is 0 Å². The van der Waals surface area contributed by atoms with Crippen LogP contribution in [0.2, 0.25) is 0 Å². The van der Waals surface area contributed by atoms with Gasteiger partial charge in [-0.15, -0.1) is 0 Å². The number of aromatic amines is 1. The van der Waals surface area contributed by atoms with Crippen molar-refractivity contribution in [2.45, 2.75) is 33.6 Å². The van der Waals surface area contributed by atoms with Crippen molar-refractivity contribution in [3.8, 4) is 11.1 Å². The number of aromatic nitrogens is 2. The zero-order valence-corrected chi connectivity index (χ0v) is 13.9. The molecule has 3 rings (SSSR count). The van der Waals surface area contributed by atoms with E-state index in [4.69, 9.17) is 5.73 Å². The topological polar surface area (TPSA) is 54.7 Å². The Bertz CT molecular complexity index is 639. The van der Waals surface area contributed by atoms with E-state index >= 15 is 0 Å². The van der Waals surface area contributed by atoms with Crippen molar-refractivity contribution in [2.24, 2.45) is 10.8 Å². The molecule has 4 heteroatoms. The molecule has 0 spiro atoms. The van der Waals surface area contributed by atoms with Crippen LogP contribution in [-0.4, -0.2) is 10.2 Å². The number of H-pyrrole nitrogens is 1. The van der Waals surface area contributed by atoms with Gasteiger partial charge in [-0.05, 0) is 28.5 Å². The molecule has 0 bridgehead atoms. The minimum atomic E-state index is 0.260.